The molecule has 27 heavy (non-hydrogen) atoms. The number of carbonyl (C=O) groups excluding carboxylic acids is 1. The maximum atomic E-state index is 13.7. The van der Waals surface area contributed by atoms with Crippen LogP contribution in [0.1, 0.15) is 30.9 Å². The van der Waals surface area contributed by atoms with Crippen molar-refractivity contribution in [1.82, 2.24) is 9.80 Å². The Morgan fingerprint density at radius 3 is 2.07 bits per heavy atom. The van der Waals surface area contributed by atoms with E-state index in [1.54, 1.807) is 0 Å². The van der Waals surface area contributed by atoms with Gasteiger partial charge < -0.3 is 4.90 Å². The van der Waals surface area contributed by atoms with Gasteiger partial charge in [0.1, 0.15) is 5.41 Å². The van der Waals surface area contributed by atoms with E-state index in [0.29, 0.717) is 0 Å². The van der Waals surface area contributed by atoms with E-state index in [0.717, 1.165) is 56.7 Å². The van der Waals surface area contributed by atoms with Crippen LogP contribution >= 0.6 is 0 Å². The molecule has 2 aliphatic heterocycles. The van der Waals surface area contributed by atoms with Crippen LogP contribution in [0.5, 0.6) is 0 Å². The Balaban J connectivity index is 1.63. The molecule has 0 spiro atoms. The van der Waals surface area contributed by atoms with Crippen molar-refractivity contribution in [2.24, 2.45) is 0 Å². The summed E-state index contributed by atoms with van der Waals surface area (Å²) in [6.07, 6.45) is 4.24. The average molecular weight is 361 g/mol. The zero-order chi connectivity index (χ0) is 18.7. The van der Waals surface area contributed by atoms with Crippen LogP contribution in [0.4, 0.5) is 0 Å². The van der Waals surface area contributed by atoms with Crippen molar-refractivity contribution >= 4 is 5.91 Å². The number of likely N-dealkylation sites (N-methyl/N-ethyl adjacent to an activating group) is 1. The van der Waals surface area contributed by atoms with Crippen molar-refractivity contribution in [2.45, 2.75) is 25.2 Å². The molecule has 0 aliphatic carbocycles. The molecule has 0 unspecified atom stereocenters. The van der Waals surface area contributed by atoms with Gasteiger partial charge in [-0.2, -0.15) is 0 Å². The van der Waals surface area contributed by atoms with Crippen LogP contribution in [0.3, 0.4) is 0 Å². The van der Waals surface area contributed by atoms with Crippen molar-refractivity contribution in [1.29, 1.82) is 0 Å². The van der Waals surface area contributed by atoms with E-state index in [2.05, 4.69) is 47.1 Å². The first-order valence-corrected chi connectivity index (χ1v) is 10.0. The van der Waals surface area contributed by atoms with Gasteiger partial charge in [-0.15, -0.1) is 0 Å². The molecule has 3 heteroatoms. The molecule has 0 radical (unpaired) electrons. The molecule has 1 amide bonds. The molecular formula is C24H28N2O. The number of benzene rings is 2. The fraction of sp³-hybridized carbons (Fsp3) is 0.375. The predicted octanol–water partition coefficient (Wildman–Crippen LogP) is 3.86. The largest absolute Gasteiger partial charge is 0.338 e. The van der Waals surface area contributed by atoms with Crippen LogP contribution < -0.4 is 0 Å². The molecule has 2 aliphatic rings. The number of carbonyl (C=O) groups is 1. The lowest BCUT2D eigenvalue weighted by atomic mass is 9.73. The second-order valence-electron chi connectivity index (χ2n) is 7.62. The predicted molar refractivity (Wildman–Crippen MR) is 110 cm³/mol. The van der Waals surface area contributed by atoms with Crippen LogP contribution in [0.25, 0.3) is 0 Å². The standard InChI is InChI=1S/C24H28N2O/c1-2-25-16-13-20(14-17-25)19-26-18-15-24(23(26)27,21-9-5-3-6-10-21)22-11-7-4-8-12-22/h3-13H,2,14-19H2,1H3. The third-order valence-corrected chi connectivity index (χ3v) is 6.17. The molecule has 1 saturated heterocycles. The molecule has 0 aromatic heterocycles. The highest BCUT2D eigenvalue weighted by molar-refractivity contribution is 5.94. The molecule has 0 N–H and O–H groups in total. The molecule has 0 bridgehead atoms. The fourth-order valence-corrected chi connectivity index (χ4v) is 4.51. The van der Waals surface area contributed by atoms with Gasteiger partial charge in [-0.25, -0.2) is 0 Å². The summed E-state index contributed by atoms with van der Waals surface area (Å²) in [5.74, 6) is 0.249. The van der Waals surface area contributed by atoms with Crippen LogP contribution in [-0.4, -0.2) is 48.4 Å². The fourth-order valence-electron chi connectivity index (χ4n) is 4.51. The second kappa shape index (κ2) is 7.69. The van der Waals surface area contributed by atoms with Gasteiger partial charge in [-0.05, 0) is 30.5 Å². The topological polar surface area (TPSA) is 23.6 Å². The summed E-state index contributed by atoms with van der Waals surface area (Å²) in [5.41, 5.74) is 3.08. The van der Waals surface area contributed by atoms with E-state index in [4.69, 9.17) is 0 Å². The summed E-state index contributed by atoms with van der Waals surface area (Å²) in [6.45, 7) is 7.01. The van der Waals surface area contributed by atoms with Crippen molar-refractivity contribution < 1.29 is 4.79 Å². The second-order valence-corrected chi connectivity index (χ2v) is 7.62. The van der Waals surface area contributed by atoms with E-state index in [1.165, 1.54) is 5.57 Å². The molecule has 0 saturated carbocycles. The number of likely N-dealkylation sites (tertiary alicyclic amines) is 1. The van der Waals surface area contributed by atoms with Crippen molar-refractivity contribution in [3.8, 4) is 0 Å². The van der Waals surface area contributed by atoms with Crippen LogP contribution in [0, 0.1) is 0 Å². The monoisotopic (exact) mass is 360 g/mol. The molecule has 4 rings (SSSR count). The van der Waals surface area contributed by atoms with E-state index in [9.17, 15) is 4.79 Å². The molecule has 3 nitrogen and oxygen atoms in total. The lowest BCUT2D eigenvalue weighted by Gasteiger charge is -2.30. The Morgan fingerprint density at radius 1 is 0.926 bits per heavy atom. The van der Waals surface area contributed by atoms with Crippen LogP contribution in [-0.2, 0) is 10.2 Å². The van der Waals surface area contributed by atoms with Gasteiger partial charge in [0, 0.05) is 26.2 Å². The lowest BCUT2D eigenvalue weighted by Crippen LogP contribution is -2.40. The van der Waals surface area contributed by atoms with Crippen molar-refractivity contribution in [2.75, 3.05) is 32.7 Å². The highest BCUT2D eigenvalue weighted by Crippen LogP contribution is 2.42. The minimum Gasteiger partial charge on any atom is -0.338 e. The Labute approximate surface area is 162 Å². The van der Waals surface area contributed by atoms with Crippen LogP contribution in [0.2, 0.25) is 0 Å². The van der Waals surface area contributed by atoms with Gasteiger partial charge in [-0.3, -0.25) is 9.69 Å². The van der Waals surface area contributed by atoms with Gasteiger partial charge in [0.2, 0.25) is 5.91 Å². The van der Waals surface area contributed by atoms with Gasteiger partial charge in [0.05, 0.1) is 0 Å². The van der Waals surface area contributed by atoms with Gasteiger partial charge in [-0.1, -0.05) is 79.2 Å². The third kappa shape index (κ3) is 3.32. The van der Waals surface area contributed by atoms with E-state index in [-0.39, 0.29) is 5.91 Å². The SMILES string of the molecule is CCN1CC=C(CN2CCC(c3ccccc3)(c3ccccc3)C2=O)CC1. The average Bonchev–Trinajstić information content (AvgIpc) is 3.07. The van der Waals surface area contributed by atoms with Gasteiger partial charge >= 0.3 is 0 Å². The van der Waals surface area contributed by atoms with Gasteiger partial charge in [0.25, 0.3) is 0 Å². The molecule has 2 heterocycles. The summed E-state index contributed by atoms with van der Waals surface area (Å²) in [7, 11) is 0. The van der Waals surface area contributed by atoms with Gasteiger partial charge in [0.15, 0.2) is 0 Å². The Morgan fingerprint density at radius 2 is 1.56 bits per heavy atom. The van der Waals surface area contributed by atoms with E-state index in [1.807, 2.05) is 36.4 Å². The highest BCUT2D eigenvalue weighted by Gasteiger charge is 2.49. The molecule has 2 aromatic carbocycles. The molecule has 2 aromatic rings. The minimum absolute atomic E-state index is 0.249. The summed E-state index contributed by atoms with van der Waals surface area (Å²) in [6, 6.07) is 20.6. The summed E-state index contributed by atoms with van der Waals surface area (Å²) in [5, 5.41) is 0. The first-order valence-electron chi connectivity index (χ1n) is 10.0. The number of hydrogen-bond donors (Lipinski definition) is 0. The normalized spacial score (nSPS) is 20.0. The smallest absolute Gasteiger partial charge is 0.238 e. The molecular weight excluding hydrogens is 332 g/mol. The maximum Gasteiger partial charge on any atom is 0.238 e. The zero-order valence-electron chi connectivity index (χ0n) is 16.1. The maximum absolute atomic E-state index is 13.7. The third-order valence-electron chi connectivity index (χ3n) is 6.17. The number of amides is 1. The molecule has 1 fully saturated rings. The summed E-state index contributed by atoms with van der Waals surface area (Å²) >= 11 is 0. The zero-order valence-corrected chi connectivity index (χ0v) is 16.1. The Kier molecular flexibility index (Phi) is 5.13. The highest BCUT2D eigenvalue weighted by atomic mass is 16.2. The van der Waals surface area contributed by atoms with E-state index >= 15 is 0 Å². The lowest BCUT2D eigenvalue weighted by molar-refractivity contribution is -0.131. The Hall–Kier alpha value is -2.39. The minimum atomic E-state index is -0.548. The number of hydrogen-bond acceptors (Lipinski definition) is 2. The number of rotatable bonds is 5. The molecule has 140 valence electrons. The summed E-state index contributed by atoms with van der Waals surface area (Å²) in [4.78, 5) is 18.2. The quantitative estimate of drug-likeness (QED) is 0.756. The van der Waals surface area contributed by atoms with E-state index < -0.39 is 5.41 Å². The van der Waals surface area contributed by atoms with Crippen molar-refractivity contribution in [3.05, 3.63) is 83.4 Å². The van der Waals surface area contributed by atoms with Crippen LogP contribution in [0.15, 0.2) is 72.3 Å². The summed E-state index contributed by atoms with van der Waals surface area (Å²) < 4.78 is 0. The number of nitrogens with zero attached hydrogens (tertiary/aromatic N) is 2. The molecule has 0 atom stereocenters. The van der Waals surface area contributed by atoms with Crippen molar-refractivity contribution in [3.63, 3.8) is 0 Å². The Bertz CT molecular complexity index is 773. The first-order chi connectivity index (χ1) is 13.2. The first kappa shape index (κ1) is 18.0.